The van der Waals surface area contributed by atoms with Gasteiger partial charge in [0, 0.05) is 22.7 Å². The van der Waals surface area contributed by atoms with Gasteiger partial charge in [0.1, 0.15) is 11.7 Å². The van der Waals surface area contributed by atoms with Gasteiger partial charge in [-0.25, -0.2) is 0 Å². The van der Waals surface area contributed by atoms with E-state index in [4.69, 9.17) is 9.47 Å². The highest BCUT2D eigenvalue weighted by atomic mass is 32.2. The van der Waals surface area contributed by atoms with Crippen molar-refractivity contribution >= 4 is 41.0 Å². The number of nitrogens with one attached hydrogen (secondary N) is 2. The Morgan fingerprint density at radius 1 is 1.14 bits per heavy atom. The number of nitrogens with zero attached hydrogens (tertiary/aromatic N) is 1. The lowest BCUT2D eigenvalue weighted by Gasteiger charge is -2.31. The Bertz CT molecular complexity index is 1250. The zero-order valence-corrected chi connectivity index (χ0v) is 20.1. The maximum atomic E-state index is 12.9. The molecular formula is C25H23N3O6S. The molecule has 9 nitrogen and oxygen atoms in total. The molecule has 0 radical (unpaired) electrons. The molecule has 0 fully saturated rings. The molecule has 2 atom stereocenters. The highest BCUT2D eigenvalue weighted by Gasteiger charge is 2.45. The Labute approximate surface area is 206 Å². The van der Waals surface area contributed by atoms with Gasteiger partial charge in [-0.05, 0) is 25.1 Å². The number of carbonyl (C=O) groups excluding carboxylic acids is 4. The molecule has 0 saturated carbocycles. The van der Waals surface area contributed by atoms with Crippen LogP contribution in [0.2, 0.25) is 0 Å². The second kappa shape index (κ2) is 11.4. The molecule has 2 N–H and O–H groups in total. The zero-order valence-electron chi connectivity index (χ0n) is 19.3. The van der Waals surface area contributed by atoms with Crippen LogP contribution in [0, 0.1) is 17.2 Å². The molecule has 3 rings (SSSR count). The SMILES string of the molecule is COC(=O)C1C(=O)NC(SCC(=O)Nc2cccc(C(C)=O)c2)=C(C#N)C1c1ccccc1OC. The lowest BCUT2D eigenvalue weighted by Crippen LogP contribution is -2.44. The molecule has 10 heteroatoms. The summed E-state index contributed by atoms with van der Waals surface area (Å²) in [6.07, 6.45) is 0. The number of hydrogen-bond acceptors (Lipinski definition) is 8. The number of hydrogen-bond donors (Lipinski definition) is 2. The molecule has 2 aromatic rings. The van der Waals surface area contributed by atoms with E-state index >= 15 is 0 Å². The number of carbonyl (C=O) groups is 4. The maximum absolute atomic E-state index is 12.9. The van der Waals surface area contributed by atoms with Crippen LogP contribution in [-0.2, 0) is 19.1 Å². The van der Waals surface area contributed by atoms with Crippen molar-refractivity contribution in [3.63, 3.8) is 0 Å². The largest absolute Gasteiger partial charge is 0.496 e. The van der Waals surface area contributed by atoms with E-state index < -0.39 is 29.6 Å². The summed E-state index contributed by atoms with van der Waals surface area (Å²) in [6, 6.07) is 15.4. The highest BCUT2D eigenvalue weighted by molar-refractivity contribution is 8.03. The summed E-state index contributed by atoms with van der Waals surface area (Å²) < 4.78 is 10.2. The average Bonchev–Trinajstić information content (AvgIpc) is 2.86. The van der Waals surface area contributed by atoms with Gasteiger partial charge in [0.2, 0.25) is 11.8 Å². The number of benzene rings is 2. The maximum Gasteiger partial charge on any atom is 0.319 e. The van der Waals surface area contributed by atoms with E-state index in [9.17, 15) is 24.4 Å². The number of thioether (sulfide) groups is 1. The minimum Gasteiger partial charge on any atom is -0.496 e. The minimum atomic E-state index is -1.31. The zero-order chi connectivity index (χ0) is 25.5. The van der Waals surface area contributed by atoms with Gasteiger partial charge in [0.25, 0.3) is 0 Å². The third-order valence-electron chi connectivity index (χ3n) is 5.36. The van der Waals surface area contributed by atoms with Crippen LogP contribution in [0.1, 0.15) is 28.8 Å². The summed E-state index contributed by atoms with van der Waals surface area (Å²) in [7, 11) is 2.62. The van der Waals surface area contributed by atoms with Crippen LogP contribution in [0.15, 0.2) is 59.1 Å². The van der Waals surface area contributed by atoms with Crippen LogP contribution in [-0.4, -0.2) is 43.5 Å². The molecule has 2 amide bonds. The molecule has 0 saturated heterocycles. The van der Waals surface area contributed by atoms with Gasteiger partial charge in [0.05, 0.1) is 36.6 Å². The quantitative estimate of drug-likeness (QED) is 0.326. The molecule has 0 spiro atoms. The first-order valence-corrected chi connectivity index (χ1v) is 11.5. The summed E-state index contributed by atoms with van der Waals surface area (Å²) in [5.74, 6) is -3.98. The van der Waals surface area contributed by atoms with E-state index in [2.05, 4.69) is 16.7 Å². The second-order valence-electron chi connectivity index (χ2n) is 7.54. The van der Waals surface area contributed by atoms with Crippen molar-refractivity contribution in [1.82, 2.24) is 5.32 Å². The van der Waals surface area contributed by atoms with Crippen LogP contribution < -0.4 is 15.4 Å². The van der Waals surface area contributed by atoms with Crippen molar-refractivity contribution in [1.29, 1.82) is 5.26 Å². The molecule has 1 heterocycles. The lowest BCUT2D eigenvalue weighted by molar-refractivity contribution is -0.150. The molecule has 35 heavy (non-hydrogen) atoms. The number of Topliss-reactive ketones (excluding diaryl/α,β-unsaturated/α-hetero) is 1. The Kier molecular flexibility index (Phi) is 8.28. The topological polar surface area (TPSA) is 135 Å². The fourth-order valence-electron chi connectivity index (χ4n) is 3.73. The predicted octanol–water partition coefficient (Wildman–Crippen LogP) is 3.01. The molecule has 2 aromatic carbocycles. The molecule has 180 valence electrons. The molecule has 0 aromatic heterocycles. The summed E-state index contributed by atoms with van der Waals surface area (Å²) in [5, 5.41) is 15.4. The number of amides is 2. The number of allylic oxidation sites excluding steroid dienone is 1. The van der Waals surface area contributed by atoms with Gasteiger partial charge in [-0.2, -0.15) is 5.26 Å². The summed E-state index contributed by atoms with van der Waals surface area (Å²) in [5.41, 5.74) is 1.49. The van der Waals surface area contributed by atoms with Gasteiger partial charge in [0.15, 0.2) is 5.78 Å². The van der Waals surface area contributed by atoms with Crippen LogP contribution >= 0.6 is 11.8 Å². The lowest BCUT2D eigenvalue weighted by atomic mass is 9.78. The first kappa shape index (κ1) is 25.5. The van der Waals surface area contributed by atoms with Gasteiger partial charge < -0.3 is 20.1 Å². The molecule has 1 aliphatic rings. The number of anilines is 1. The first-order chi connectivity index (χ1) is 16.8. The number of para-hydroxylation sites is 1. The number of rotatable bonds is 8. The number of ketones is 1. The van der Waals surface area contributed by atoms with Crippen molar-refractivity contribution in [2.75, 3.05) is 25.3 Å². The summed E-state index contributed by atoms with van der Waals surface area (Å²) >= 11 is 0.958. The number of nitriles is 1. The van der Waals surface area contributed by atoms with E-state index in [1.165, 1.54) is 21.1 Å². The third kappa shape index (κ3) is 5.70. The fourth-order valence-corrected chi connectivity index (χ4v) is 4.58. The molecule has 0 aliphatic carbocycles. The van der Waals surface area contributed by atoms with Crippen molar-refractivity contribution in [2.45, 2.75) is 12.8 Å². The van der Waals surface area contributed by atoms with Crippen molar-refractivity contribution in [3.8, 4) is 11.8 Å². The number of ether oxygens (including phenoxy) is 2. The normalized spacial score (nSPS) is 17.1. The van der Waals surface area contributed by atoms with Gasteiger partial charge in [-0.15, -0.1) is 0 Å². The smallest absolute Gasteiger partial charge is 0.319 e. The Balaban J connectivity index is 1.91. The van der Waals surface area contributed by atoms with E-state index in [1.807, 2.05) is 0 Å². The number of methoxy groups -OCH3 is 2. The van der Waals surface area contributed by atoms with Crippen LogP contribution in [0.25, 0.3) is 0 Å². The highest BCUT2D eigenvalue weighted by Crippen LogP contribution is 2.43. The average molecular weight is 494 g/mol. The van der Waals surface area contributed by atoms with E-state index in [0.29, 0.717) is 22.6 Å². The minimum absolute atomic E-state index is 0.112. The molecular weight excluding hydrogens is 470 g/mol. The Morgan fingerprint density at radius 3 is 2.54 bits per heavy atom. The van der Waals surface area contributed by atoms with Crippen molar-refractivity contribution < 1.29 is 28.7 Å². The van der Waals surface area contributed by atoms with E-state index in [0.717, 1.165) is 11.8 Å². The number of esters is 1. The van der Waals surface area contributed by atoms with Gasteiger partial charge >= 0.3 is 5.97 Å². The van der Waals surface area contributed by atoms with Crippen LogP contribution in [0.3, 0.4) is 0 Å². The second-order valence-corrected chi connectivity index (χ2v) is 8.52. The fraction of sp³-hybridized carbons (Fsp3) is 0.240. The van der Waals surface area contributed by atoms with Gasteiger partial charge in [-0.1, -0.05) is 42.1 Å². The van der Waals surface area contributed by atoms with Crippen molar-refractivity contribution in [3.05, 3.63) is 70.3 Å². The van der Waals surface area contributed by atoms with Gasteiger partial charge in [-0.3, -0.25) is 19.2 Å². The first-order valence-electron chi connectivity index (χ1n) is 10.5. The monoisotopic (exact) mass is 493 g/mol. The Hall–Kier alpha value is -4.10. The van der Waals surface area contributed by atoms with E-state index in [-0.39, 0.29) is 22.1 Å². The van der Waals surface area contributed by atoms with E-state index in [1.54, 1.807) is 48.5 Å². The third-order valence-corrected chi connectivity index (χ3v) is 6.38. The molecule has 2 unspecified atom stereocenters. The molecule has 0 bridgehead atoms. The predicted molar refractivity (Wildman–Crippen MR) is 130 cm³/mol. The standard InChI is InChI=1S/C25H23N3O6S/c1-14(29)15-7-6-8-16(11-15)27-20(30)13-35-24-18(12-26)21(17-9-4-5-10-19(17)33-2)22(23(31)28-24)25(32)34-3/h4-11,21-22H,13H2,1-3H3,(H,27,30)(H,28,31). The molecule has 1 aliphatic heterocycles. The summed E-state index contributed by atoms with van der Waals surface area (Å²) in [6.45, 7) is 1.43. The van der Waals surface area contributed by atoms with Crippen molar-refractivity contribution in [2.24, 2.45) is 5.92 Å². The van der Waals surface area contributed by atoms with Crippen LogP contribution in [0.5, 0.6) is 5.75 Å². The van der Waals surface area contributed by atoms with Crippen LogP contribution in [0.4, 0.5) is 5.69 Å². The Morgan fingerprint density at radius 2 is 1.89 bits per heavy atom. The summed E-state index contributed by atoms with van der Waals surface area (Å²) in [4.78, 5) is 49.6.